The molecule has 6 nitrogen and oxygen atoms in total. The van der Waals surface area contributed by atoms with Gasteiger partial charge in [0.25, 0.3) is 5.56 Å². The maximum Gasteiger partial charge on any atom is 0.251 e. The summed E-state index contributed by atoms with van der Waals surface area (Å²) in [5.74, 6) is 0.520. The molecule has 1 atom stereocenters. The minimum atomic E-state index is -0.172. The fraction of sp³-hybridized carbons (Fsp3) is 0.292. The second-order valence-corrected chi connectivity index (χ2v) is 7.62. The lowest BCUT2D eigenvalue weighted by Gasteiger charge is -2.23. The van der Waals surface area contributed by atoms with Crippen LogP contribution in [0.1, 0.15) is 31.0 Å². The van der Waals surface area contributed by atoms with Crippen LogP contribution in [0.15, 0.2) is 65.5 Å². The van der Waals surface area contributed by atoms with Crippen molar-refractivity contribution in [2.24, 2.45) is 0 Å². The highest BCUT2D eigenvalue weighted by molar-refractivity contribution is 5.95. The van der Waals surface area contributed by atoms with Crippen LogP contribution in [-0.4, -0.2) is 33.4 Å². The molecule has 0 spiro atoms. The SMILES string of the molecule is CCc1cc(=O)[nH]c(-c2cccc(NC(=O)[C@@H]3CCCN3Cc3ccccc3)c2)n1. The van der Waals surface area contributed by atoms with E-state index in [0.29, 0.717) is 17.9 Å². The monoisotopic (exact) mass is 402 g/mol. The average Bonchev–Trinajstić information content (AvgIpc) is 3.22. The Hall–Kier alpha value is -3.25. The molecule has 1 fully saturated rings. The quantitative estimate of drug-likeness (QED) is 0.660. The van der Waals surface area contributed by atoms with Gasteiger partial charge in [0.15, 0.2) is 0 Å². The van der Waals surface area contributed by atoms with Gasteiger partial charge in [-0.15, -0.1) is 0 Å². The fourth-order valence-electron chi connectivity index (χ4n) is 3.93. The molecule has 6 heteroatoms. The van der Waals surface area contributed by atoms with Crippen LogP contribution in [0.4, 0.5) is 5.69 Å². The maximum atomic E-state index is 13.0. The molecule has 2 N–H and O–H groups in total. The van der Waals surface area contributed by atoms with Crippen molar-refractivity contribution in [3.63, 3.8) is 0 Å². The number of aromatic nitrogens is 2. The van der Waals surface area contributed by atoms with Gasteiger partial charge in [-0.3, -0.25) is 14.5 Å². The molecule has 0 unspecified atom stereocenters. The third-order valence-electron chi connectivity index (χ3n) is 5.46. The number of hydrogen-bond acceptors (Lipinski definition) is 4. The van der Waals surface area contributed by atoms with Crippen LogP contribution in [0.5, 0.6) is 0 Å². The van der Waals surface area contributed by atoms with Gasteiger partial charge in [-0.25, -0.2) is 4.98 Å². The summed E-state index contributed by atoms with van der Waals surface area (Å²) in [6.07, 6.45) is 2.55. The van der Waals surface area contributed by atoms with Crippen LogP contribution < -0.4 is 10.9 Å². The summed E-state index contributed by atoms with van der Waals surface area (Å²) in [4.78, 5) is 34.4. The number of benzene rings is 2. The predicted octanol–water partition coefficient (Wildman–Crippen LogP) is 3.60. The zero-order chi connectivity index (χ0) is 20.9. The topological polar surface area (TPSA) is 78.1 Å². The molecule has 0 saturated carbocycles. The average molecular weight is 402 g/mol. The molecule has 1 saturated heterocycles. The van der Waals surface area contributed by atoms with Crippen molar-refractivity contribution in [1.82, 2.24) is 14.9 Å². The van der Waals surface area contributed by atoms with Crippen LogP contribution in [0.3, 0.4) is 0 Å². The summed E-state index contributed by atoms with van der Waals surface area (Å²) in [6.45, 7) is 3.65. The van der Waals surface area contributed by atoms with Gasteiger partial charge in [-0.1, -0.05) is 49.4 Å². The van der Waals surface area contributed by atoms with Crippen LogP contribution in [0, 0.1) is 0 Å². The number of rotatable bonds is 6. The van der Waals surface area contributed by atoms with Crippen molar-refractivity contribution in [3.05, 3.63) is 82.3 Å². The first-order valence-corrected chi connectivity index (χ1v) is 10.4. The van der Waals surface area contributed by atoms with Crippen molar-refractivity contribution in [3.8, 4) is 11.4 Å². The number of aryl methyl sites for hydroxylation is 1. The van der Waals surface area contributed by atoms with E-state index in [2.05, 4.69) is 32.3 Å². The molecule has 0 aliphatic carbocycles. The highest BCUT2D eigenvalue weighted by Crippen LogP contribution is 2.23. The lowest BCUT2D eigenvalue weighted by Crippen LogP contribution is -2.39. The lowest BCUT2D eigenvalue weighted by atomic mass is 10.1. The van der Waals surface area contributed by atoms with Crippen LogP contribution >= 0.6 is 0 Å². The minimum Gasteiger partial charge on any atom is -0.325 e. The number of nitrogens with one attached hydrogen (secondary N) is 2. The summed E-state index contributed by atoms with van der Waals surface area (Å²) in [5, 5.41) is 3.05. The molecule has 1 amide bonds. The van der Waals surface area contributed by atoms with E-state index in [1.807, 2.05) is 49.4 Å². The van der Waals surface area contributed by atoms with Gasteiger partial charge in [0, 0.05) is 29.6 Å². The standard InChI is InChI=1S/C24H26N4O2/c1-2-19-15-22(29)27-23(25-19)18-10-6-11-20(14-18)26-24(30)21-12-7-13-28(21)16-17-8-4-3-5-9-17/h3-6,8-11,14-15,21H,2,7,12-13,16H2,1H3,(H,26,30)(H,25,27,29)/t21-/m0/s1. The van der Waals surface area contributed by atoms with E-state index in [1.165, 1.54) is 11.6 Å². The number of carbonyl (C=O) groups is 1. The molecule has 4 rings (SSSR count). The Labute approximate surface area is 176 Å². The fourth-order valence-corrected chi connectivity index (χ4v) is 3.93. The number of aromatic amines is 1. The van der Waals surface area contributed by atoms with E-state index in [9.17, 15) is 9.59 Å². The Morgan fingerprint density at radius 2 is 2.00 bits per heavy atom. The predicted molar refractivity (Wildman–Crippen MR) is 118 cm³/mol. The second kappa shape index (κ2) is 9.05. The molecule has 1 aliphatic heterocycles. The first-order chi connectivity index (χ1) is 14.6. The summed E-state index contributed by atoms with van der Waals surface area (Å²) in [5.41, 5.74) is 3.26. The molecule has 3 aromatic rings. The molecule has 0 bridgehead atoms. The van der Waals surface area contributed by atoms with E-state index in [4.69, 9.17) is 0 Å². The van der Waals surface area contributed by atoms with Gasteiger partial charge in [-0.05, 0) is 43.5 Å². The van der Waals surface area contributed by atoms with Crippen LogP contribution in [0.2, 0.25) is 0 Å². The Kier molecular flexibility index (Phi) is 6.05. The summed E-state index contributed by atoms with van der Waals surface area (Å²) in [6, 6.07) is 19.1. The first-order valence-electron chi connectivity index (χ1n) is 10.4. The molecule has 30 heavy (non-hydrogen) atoms. The lowest BCUT2D eigenvalue weighted by molar-refractivity contribution is -0.120. The minimum absolute atomic E-state index is 0.00402. The number of amides is 1. The van der Waals surface area contributed by atoms with Crippen LogP contribution in [-0.2, 0) is 17.8 Å². The number of H-pyrrole nitrogens is 1. The van der Waals surface area contributed by atoms with Crippen molar-refractivity contribution < 1.29 is 4.79 Å². The number of anilines is 1. The van der Waals surface area contributed by atoms with Gasteiger partial charge in [0.2, 0.25) is 5.91 Å². The molecular formula is C24H26N4O2. The largest absolute Gasteiger partial charge is 0.325 e. The molecule has 2 heterocycles. The van der Waals surface area contributed by atoms with E-state index < -0.39 is 0 Å². The third kappa shape index (κ3) is 4.66. The first kappa shape index (κ1) is 20.0. The number of hydrogen-bond donors (Lipinski definition) is 2. The molecule has 0 radical (unpaired) electrons. The van der Waals surface area contributed by atoms with Gasteiger partial charge < -0.3 is 10.3 Å². The van der Waals surface area contributed by atoms with Gasteiger partial charge in [0.05, 0.1) is 6.04 Å². The Morgan fingerprint density at radius 1 is 1.17 bits per heavy atom. The zero-order valence-electron chi connectivity index (χ0n) is 17.1. The highest BCUT2D eigenvalue weighted by atomic mass is 16.2. The zero-order valence-corrected chi connectivity index (χ0v) is 17.1. The summed E-state index contributed by atoms with van der Waals surface area (Å²) < 4.78 is 0. The van der Waals surface area contributed by atoms with E-state index >= 15 is 0 Å². The van der Waals surface area contributed by atoms with E-state index in [1.54, 1.807) is 0 Å². The van der Waals surface area contributed by atoms with Gasteiger partial charge >= 0.3 is 0 Å². The van der Waals surface area contributed by atoms with Crippen molar-refractivity contribution in [2.45, 2.75) is 38.8 Å². The third-order valence-corrected chi connectivity index (χ3v) is 5.46. The molecule has 154 valence electrons. The summed E-state index contributed by atoms with van der Waals surface area (Å²) in [7, 11) is 0. The van der Waals surface area contributed by atoms with Gasteiger partial charge in [-0.2, -0.15) is 0 Å². The molecular weight excluding hydrogens is 376 g/mol. The number of carbonyl (C=O) groups excluding carboxylic acids is 1. The molecule has 1 aliphatic rings. The van der Waals surface area contributed by atoms with Crippen molar-refractivity contribution >= 4 is 11.6 Å². The normalized spacial score (nSPS) is 16.5. The molecule has 1 aromatic heterocycles. The Morgan fingerprint density at radius 3 is 2.80 bits per heavy atom. The van der Waals surface area contributed by atoms with Gasteiger partial charge in [0.1, 0.15) is 5.82 Å². The Balaban J connectivity index is 1.49. The summed E-state index contributed by atoms with van der Waals surface area (Å²) >= 11 is 0. The highest BCUT2D eigenvalue weighted by Gasteiger charge is 2.30. The van der Waals surface area contributed by atoms with Crippen molar-refractivity contribution in [2.75, 3.05) is 11.9 Å². The Bertz CT molecular complexity index is 1080. The molecule has 2 aromatic carbocycles. The van der Waals surface area contributed by atoms with E-state index in [0.717, 1.165) is 37.2 Å². The number of likely N-dealkylation sites (tertiary alicyclic amines) is 1. The van der Waals surface area contributed by atoms with Crippen LogP contribution in [0.25, 0.3) is 11.4 Å². The van der Waals surface area contributed by atoms with Crippen molar-refractivity contribution in [1.29, 1.82) is 0 Å². The maximum absolute atomic E-state index is 13.0. The number of nitrogens with zero attached hydrogens (tertiary/aromatic N) is 2. The smallest absolute Gasteiger partial charge is 0.251 e. The second-order valence-electron chi connectivity index (χ2n) is 7.62. The van der Waals surface area contributed by atoms with E-state index in [-0.39, 0.29) is 17.5 Å².